The van der Waals surface area contributed by atoms with Crippen molar-refractivity contribution in [1.82, 2.24) is 14.9 Å². The number of nitrogens with zero attached hydrogens (tertiary/aromatic N) is 2. The number of hydrogen-bond donors (Lipinski definition) is 1. The molecular formula is C24H26FN3O2. The van der Waals surface area contributed by atoms with Gasteiger partial charge in [0.25, 0.3) is 5.91 Å². The molecular weight excluding hydrogens is 381 g/mol. The predicted molar refractivity (Wildman–Crippen MR) is 115 cm³/mol. The summed E-state index contributed by atoms with van der Waals surface area (Å²) in [5.74, 6) is -0.696. The van der Waals surface area contributed by atoms with Crippen LogP contribution in [0.5, 0.6) is 0 Å². The molecule has 2 aromatic heterocycles. The van der Waals surface area contributed by atoms with Crippen molar-refractivity contribution in [2.75, 3.05) is 0 Å². The Labute approximate surface area is 175 Å². The Morgan fingerprint density at radius 1 is 1.13 bits per heavy atom. The molecule has 1 aliphatic rings. The first-order valence-electron chi connectivity index (χ1n) is 10.6. The maximum atomic E-state index is 14.3. The molecule has 0 atom stereocenters. The summed E-state index contributed by atoms with van der Waals surface area (Å²) in [6.07, 6.45) is 7.93. The number of benzene rings is 1. The normalized spacial score (nSPS) is 15.1. The third kappa shape index (κ3) is 4.27. The van der Waals surface area contributed by atoms with Crippen LogP contribution >= 0.6 is 0 Å². The second-order valence-corrected chi connectivity index (χ2v) is 8.08. The zero-order valence-electron chi connectivity index (χ0n) is 17.2. The number of aryl methyl sites for hydroxylation is 1. The van der Waals surface area contributed by atoms with Crippen LogP contribution in [0.25, 0.3) is 11.0 Å². The molecule has 4 rings (SSSR count). The molecule has 0 saturated heterocycles. The van der Waals surface area contributed by atoms with Gasteiger partial charge in [-0.1, -0.05) is 43.9 Å². The van der Waals surface area contributed by atoms with Gasteiger partial charge in [-0.15, -0.1) is 0 Å². The third-order valence-corrected chi connectivity index (χ3v) is 5.79. The third-order valence-electron chi connectivity index (χ3n) is 5.79. The molecule has 156 valence electrons. The smallest absolute Gasteiger partial charge is 0.256 e. The van der Waals surface area contributed by atoms with E-state index in [1.54, 1.807) is 34.9 Å². The van der Waals surface area contributed by atoms with Crippen LogP contribution in [0.1, 0.15) is 60.1 Å². The lowest BCUT2D eigenvalue weighted by molar-refractivity contribution is 0.0931. The van der Waals surface area contributed by atoms with Crippen molar-refractivity contribution in [3.8, 4) is 0 Å². The number of aromatic nitrogens is 2. The van der Waals surface area contributed by atoms with Crippen LogP contribution < -0.4 is 10.7 Å². The minimum absolute atomic E-state index is 0.0775. The number of carbonyl (C=O) groups is 1. The number of rotatable bonds is 4. The number of halogens is 1. The zero-order chi connectivity index (χ0) is 21.1. The Morgan fingerprint density at radius 2 is 1.87 bits per heavy atom. The molecule has 2 heterocycles. The molecule has 5 nitrogen and oxygen atoms in total. The molecule has 1 saturated carbocycles. The highest BCUT2D eigenvalue weighted by atomic mass is 19.1. The summed E-state index contributed by atoms with van der Waals surface area (Å²) in [7, 11) is 0. The van der Waals surface area contributed by atoms with Gasteiger partial charge in [-0.2, -0.15) is 0 Å². The summed E-state index contributed by atoms with van der Waals surface area (Å²) in [6, 6.07) is 10.0. The molecule has 1 aliphatic carbocycles. The van der Waals surface area contributed by atoms with E-state index >= 15 is 0 Å². The molecule has 0 unspecified atom stereocenters. The van der Waals surface area contributed by atoms with E-state index in [0.717, 1.165) is 31.4 Å². The maximum absolute atomic E-state index is 14.3. The summed E-state index contributed by atoms with van der Waals surface area (Å²) >= 11 is 0. The van der Waals surface area contributed by atoms with Gasteiger partial charge < -0.3 is 9.88 Å². The zero-order valence-corrected chi connectivity index (χ0v) is 17.2. The van der Waals surface area contributed by atoms with Crippen LogP contribution in [0, 0.1) is 12.7 Å². The monoisotopic (exact) mass is 407 g/mol. The Bertz CT molecular complexity index is 1130. The summed E-state index contributed by atoms with van der Waals surface area (Å²) in [5.41, 5.74) is 1.41. The average Bonchev–Trinajstić information content (AvgIpc) is 3.00. The second kappa shape index (κ2) is 8.78. The Hall–Kier alpha value is -3.02. The molecule has 0 radical (unpaired) electrons. The number of hydrogen-bond acceptors (Lipinski definition) is 3. The fraction of sp³-hybridized carbons (Fsp3) is 0.375. The number of nitrogens with one attached hydrogen (secondary N) is 1. The summed E-state index contributed by atoms with van der Waals surface area (Å²) in [4.78, 5) is 30.6. The fourth-order valence-corrected chi connectivity index (χ4v) is 4.14. The average molecular weight is 407 g/mol. The van der Waals surface area contributed by atoms with E-state index in [0.29, 0.717) is 16.6 Å². The minimum Gasteiger partial charge on any atom is -0.349 e. The molecule has 1 aromatic carbocycles. The van der Waals surface area contributed by atoms with Gasteiger partial charge in [0.1, 0.15) is 17.0 Å². The van der Waals surface area contributed by atoms with Gasteiger partial charge in [-0.3, -0.25) is 9.59 Å². The van der Waals surface area contributed by atoms with Crippen LogP contribution in [0.15, 0.2) is 47.4 Å². The number of amides is 1. The van der Waals surface area contributed by atoms with E-state index < -0.39 is 0 Å². The van der Waals surface area contributed by atoms with Gasteiger partial charge in [-0.25, -0.2) is 9.37 Å². The molecule has 1 fully saturated rings. The van der Waals surface area contributed by atoms with E-state index in [9.17, 15) is 14.0 Å². The van der Waals surface area contributed by atoms with Crippen LogP contribution in [-0.2, 0) is 6.54 Å². The van der Waals surface area contributed by atoms with Crippen molar-refractivity contribution in [3.63, 3.8) is 0 Å². The summed E-state index contributed by atoms with van der Waals surface area (Å²) in [6.45, 7) is 2.02. The van der Waals surface area contributed by atoms with Crippen molar-refractivity contribution in [3.05, 3.63) is 75.5 Å². The lowest BCUT2D eigenvalue weighted by Crippen LogP contribution is -2.37. The molecule has 0 bridgehead atoms. The van der Waals surface area contributed by atoms with Gasteiger partial charge in [0.15, 0.2) is 0 Å². The van der Waals surface area contributed by atoms with Gasteiger partial charge in [-0.05, 0) is 38.0 Å². The van der Waals surface area contributed by atoms with Gasteiger partial charge in [0.2, 0.25) is 5.43 Å². The molecule has 0 aliphatic heterocycles. The van der Waals surface area contributed by atoms with Crippen molar-refractivity contribution in [2.24, 2.45) is 0 Å². The lowest BCUT2D eigenvalue weighted by Gasteiger charge is -2.18. The van der Waals surface area contributed by atoms with E-state index in [-0.39, 0.29) is 35.3 Å². The van der Waals surface area contributed by atoms with Gasteiger partial charge in [0.05, 0.1) is 11.9 Å². The Balaban J connectivity index is 1.75. The van der Waals surface area contributed by atoms with Crippen molar-refractivity contribution >= 4 is 16.9 Å². The van der Waals surface area contributed by atoms with E-state index in [1.165, 1.54) is 25.1 Å². The maximum Gasteiger partial charge on any atom is 0.256 e. The molecule has 1 amide bonds. The lowest BCUT2D eigenvalue weighted by atomic mass is 10.1. The predicted octanol–water partition coefficient (Wildman–Crippen LogP) is 4.34. The van der Waals surface area contributed by atoms with Crippen LogP contribution in [0.2, 0.25) is 0 Å². The topological polar surface area (TPSA) is 64.0 Å². The Morgan fingerprint density at radius 3 is 2.60 bits per heavy atom. The highest BCUT2D eigenvalue weighted by Gasteiger charge is 2.20. The number of carbonyl (C=O) groups excluding carboxylic acids is 1. The molecule has 0 spiro atoms. The van der Waals surface area contributed by atoms with Crippen LogP contribution in [0.3, 0.4) is 0 Å². The van der Waals surface area contributed by atoms with E-state index in [1.807, 2.05) is 6.92 Å². The van der Waals surface area contributed by atoms with Gasteiger partial charge in [0, 0.05) is 23.5 Å². The van der Waals surface area contributed by atoms with Crippen LogP contribution in [-0.4, -0.2) is 21.5 Å². The van der Waals surface area contributed by atoms with Crippen LogP contribution in [0.4, 0.5) is 4.39 Å². The largest absolute Gasteiger partial charge is 0.349 e. The highest BCUT2D eigenvalue weighted by molar-refractivity contribution is 5.97. The highest BCUT2D eigenvalue weighted by Crippen LogP contribution is 2.19. The van der Waals surface area contributed by atoms with E-state index in [2.05, 4.69) is 10.3 Å². The molecule has 3 aromatic rings. The summed E-state index contributed by atoms with van der Waals surface area (Å²) in [5, 5.41) is 3.41. The quantitative estimate of drug-likeness (QED) is 0.654. The fourth-order valence-electron chi connectivity index (χ4n) is 4.14. The van der Waals surface area contributed by atoms with Crippen molar-refractivity contribution < 1.29 is 9.18 Å². The first-order chi connectivity index (χ1) is 14.5. The Kier molecular flexibility index (Phi) is 5.93. The SMILES string of the molecule is Cc1ccc2c(=O)c(C(=O)NC3CCCCCC3)cn(Cc3ccccc3F)c2n1. The standard InChI is InChI=1S/C24H26FN3O2/c1-16-12-13-19-22(29)20(24(30)27-18-9-4-2-3-5-10-18)15-28(23(19)26-16)14-17-8-6-7-11-21(17)25/h6-8,11-13,15,18H,2-5,9-10,14H2,1H3,(H,27,30). The first kappa shape index (κ1) is 20.3. The number of fused-ring (bicyclic) bond motifs is 1. The molecule has 6 heteroatoms. The first-order valence-corrected chi connectivity index (χ1v) is 10.6. The molecule has 30 heavy (non-hydrogen) atoms. The number of pyridine rings is 2. The minimum atomic E-state index is -0.364. The van der Waals surface area contributed by atoms with Crippen molar-refractivity contribution in [2.45, 2.75) is 58.0 Å². The van der Waals surface area contributed by atoms with E-state index in [4.69, 9.17) is 0 Å². The van der Waals surface area contributed by atoms with Crippen molar-refractivity contribution in [1.29, 1.82) is 0 Å². The van der Waals surface area contributed by atoms with Gasteiger partial charge >= 0.3 is 0 Å². The molecule has 1 N–H and O–H groups in total. The summed E-state index contributed by atoms with van der Waals surface area (Å²) < 4.78 is 16.0. The second-order valence-electron chi connectivity index (χ2n) is 8.08.